The maximum absolute atomic E-state index is 13.5. The van der Waals surface area contributed by atoms with Crippen LogP contribution in [-0.2, 0) is 22.7 Å². The van der Waals surface area contributed by atoms with Crippen LogP contribution in [0.5, 0.6) is 0 Å². The van der Waals surface area contributed by atoms with Crippen molar-refractivity contribution in [1.29, 1.82) is 0 Å². The zero-order chi connectivity index (χ0) is 25.4. The first-order valence-corrected chi connectivity index (χ1v) is 12.4. The molecular formula is C29H36N2O4. The number of carbonyl (C=O) groups excluding carboxylic acids is 2. The quantitative estimate of drug-likeness (QED) is 0.376. The summed E-state index contributed by atoms with van der Waals surface area (Å²) in [5.74, 6) is 0.0146. The third-order valence-corrected chi connectivity index (χ3v) is 5.97. The molecule has 2 aromatic carbocycles. The summed E-state index contributed by atoms with van der Waals surface area (Å²) in [7, 11) is 0. The molecule has 1 aromatic heterocycles. The lowest BCUT2D eigenvalue weighted by Gasteiger charge is -2.28. The number of rotatable bonds is 11. The van der Waals surface area contributed by atoms with Crippen molar-refractivity contribution in [1.82, 2.24) is 9.80 Å². The molecule has 35 heavy (non-hydrogen) atoms. The Hall–Kier alpha value is -3.41. The summed E-state index contributed by atoms with van der Waals surface area (Å²) in [5.41, 5.74) is 2.72. The molecule has 0 radical (unpaired) electrons. The van der Waals surface area contributed by atoms with E-state index >= 15 is 0 Å². The van der Waals surface area contributed by atoms with E-state index in [4.69, 9.17) is 4.42 Å². The van der Waals surface area contributed by atoms with Crippen LogP contribution in [0.2, 0.25) is 0 Å². The van der Waals surface area contributed by atoms with Crippen molar-refractivity contribution in [2.24, 2.45) is 5.92 Å². The van der Waals surface area contributed by atoms with E-state index in [0.29, 0.717) is 36.0 Å². The smallest absolute Gasteiger partial charge is 0.242 e. The molecule has 0 unspecified atom stereocenters. The summed E-state index contributed by atoms with van der Waals surface area (Å²) in [5, 5.41) is 0.506. The predicted molar refractivity (Wildman–Crippen MR) is 139 cm³/mol. The van der Waals surface area contributed by atoms with E-state index in [1.807, 2.05) is 63.2 Å². The van der Waals surface area contributed by atoms with Gasteiger partial charge in [-0.2, -0.15) is 0 Å². The number of benzene rings is 2. The van der Waals surface area contributed by atoms with E-state index < -0.39 is 0 Å². The molecule has 0 N–H and O–H groups in total. The van der Waals surface area contributed by atoms with Crippen molar-refractivity contribution < 1.29 is 14.0 Å². The van der Waals surface area contributed by atoms with Gasteiger partial charge in [0, 0.05) is 19.5 Å². The number of aryl methyl sites for hydroxylation is 1. The molecule has 0 bridgehead atoms. The minimum Gasteiger partial charge on any atom is -0.464 e. The average Bonchev–Trinajstić information content (AvgIpc) is 2.83. The van der Waals surface area contributed by atoms with Gasteiger partial charge in [-0.3, -0.25) is 14.4 Å². The monoisotopic (exact) mass is 476 g/mol. The number of hydrogen-bond acceptors (Lipinski definition) is 4. The number of carbonyl (C=O) groups is 2. The van der Waals surface area contributed by atoms with Gasteiger partial charge < -0.3 is 14.2 Å². The Labute approximate surface area is 207 Å². The Morgan fingerprint density at radius 3 is 2.40 bits per heavy atom. The minimum atomic E-state index is -0.189. The largest absolute Gasteiger partial charge is 0.464 e. The third-order valence-electron chi connectivity index (χ3n) is 5.97. The molecule has 0 aliphatic carbocycles. The normalized spacial score (nSPS) is 11.1. The van der Waals surface area contributed by atoms with E-state index in [9.17, 15) is 14.4 Å². The third kappa shape index (κ3) is 7.28. The second-order valence-corrected chi connectivity index (χ2v) is 9.59. The van der Waals surface area contributed by atoms with Gasteiger partial charge in [0.15, 0.2) is 5.43 Å². The first-order valence-electron chi connectivity index (χ1n) is 12.4. The van der Waals surface area contributed by atoms with Gasteiger partial charge in [0.1, 0.15) is 5.58 Å². The molecule has 3 rings (SSSR count). The summed E-state index contributed by atoms with van der Waals surface area (Å²) in [6.45, 7) is 8.98. The number of nitrogens with zero attached hydrogens (tertiary/aromatic N) is 2. The molecule has 6 nitrogen and oxygen atoms in total. The summed E-state index contributed by atoms with van der Waals surface area (Å²) >= 11 is 0. The molecule has 6 heteroatoms. The van der Waals surface area contributed by atoms with Crippen molar-refractivity contribution in [3.63, 3.8) is 0 Å². The molecule has 0 saturated heterocycles. The number of hydrogen-bond donors (Lipinski definition) is 0. The standard InChI is InChI=1S/C29H36N2O4/c1-5-6-14-30(27(32)15-21(2)3)19-28(33)31(17-23-10-8-7-9-11-23)18-24-20-35-26-13-12-22(4)16-25(26)29(24)34/h7-13,16,20-21H,5-6,14-15,17-19H2,1-4H3. The Kier molecular flexibility index (Phi) is 9.24. The van der Waals surface area contributed by atoms with Crippen molar-refractivity contribution in [3.05, 3.63) is 81.7 Å². The highest BCUT2D eigenvalue weighted by atomic mass is 16.3. The van der Waals surface area contributed by atoms with Crippen LogP contribution >= 0.6 is 0 Å². The van der Waals surface area contributed by atoms with Gasteiger partial charge in [-0.1, -0.05) is 69.2 Å². The highest BCUT2D eigenvalue weighted by Gasteiger charge is 2.23. The molecule has 3 aromatic rings. The Balaban J connectivity index is 1.89. The molecule has 0 fully saturated rings. The fraction of sp³-hybridized carbons (Fsp3) is 0.414. The molecule has 0 aliphatic heterocycles. The number of unbranched alkanes of at least 4 members (excludes halogenated alkanes) is 1. The molecule has 0 spiro atoms. The maximum atomic E-state index is 13.5. The number of amides is 2. The minimum absolute atomic E-state index is 0.00356. The lowest BCUT2D eigenvalue weighted by atomic mass is 10.1. The van der Waals surface area contributed by atoms with Crippen LogP contribution in [0.15, 0.2) is 64.0 Å². The molecule has 186 valence electrons. The first kappa shape index (κ1) is 26.2. The van der Waals surface area contributed by atoms with Gasteiger partial charge >= 0.3 is 0 Å². The number of fused-ring (bicyclic) bond motifs is 1. The van der Waals surface area contributed by atoms with Crippen molar-refractivity contribution in [2.75, 3.05) is 13.1 Å². The van der Waals surface area contributed by atoms with Crippen LogP contribution in [0, 0.1) is 12.8 Å². The van der Waals surface area contributed by atoms with E-state index in [-0.39, 0.29) is 36.3 Å². The van der Waals surface area contributed by atoms with Gasteiger partial charge in [0.25, 0.3) is 0 Å². The molecule has 0 aliphatic rings. The van der Waals surface area contributed by atoms with E-state index in [1.54, 1.807) is 15.9 Å². The molecule has 2 amide bonds. The van der Waals surface area contributed by atoms with Gasteiger partial charge in [0.2, 0.25) is 11.8 Å². The molecule has 1 heterocycles. The van der Waals surface area contributed by atoms with Gasteiger partial charge in [0.05, 0.1) is 30.3 Å². The van der Waals surface area contributed by atoms with Crippen molar-refractivity contribution >= 4 is 22.8 Å². The van der Waals surface area contributed by atoms with Crippen LogP contribution in [0.3, 0.4) is 0 Å². The summed E-state index contributed by atoms with van der Waals surface area (Å²) < 4.78 is 5.72. The molecular weight excluding hydrogens is 440 g/mol. The maximum Gasteiger partial charge on any atom is 0.242 e. The van der Waals surface area contributed by atoms with Crippen LogP contribution in [0.4, 0.5) is 0 Å². The van der Waals surface area contributed by atoms with Crippen LogP contribution in [0.1, 0.15) is 56.7 Å². The topological polar surface area (TPSA) is 70.8 Å². The lowest BCUT2D eigenvalue weighted by molar-refractivity contribution is -0.141. The van der Waals surface area contributed by atoms with E-state index in [1.165, 1.54) is 6.26 Å². The fourth-order valence-corrected chi connectivity index (χ4v) is 4.02. The lowest BCUT2D eigenvalue weighted by Crippen LogP contribution is -2.43. The van der Waals surface area contributed by atoms with Crippen LogP contribution < -0.4 is 5.43 Å². The first-order chi connectivity index (χ1) is 16.8. The fourth-order valence-electron chi connectivity index (χ4n) is 4.02. The Morgan fingerprint density at radius 2 is 1.71 bits per heavy atom. The summed E-state index contributed by atoms with van der Waals surface area (Å²) in [6, 6.07) is 15.2. The zero-order valence-electron chi connectivity index (χ0n) is 21.3. The highest BCUT2D eigenvalue weighted by molar-refractivity contribution is 5.85. The summed E-state index contributed by atoms with van der Waals surface area (Å²) in [4.78, 5) is 42.9. The van der Waals surface area contributed by atoms with Crippen molar-refractivity contribution in [2.45, 2.75) is 60.0 Å². The molecule has 0 atom stereocenters. The summed E-state index contributed by atoms with van der Waals surface area (Å²) in [6.07, 6.45) is 3.63. The Morgan fingerprint density at radius 1 is 0.971 bits per heavy atom. The van der Waals surface area contributed by atoms with Crippen LogP contribution in [-0.4, -0.2) is 34.7 Å². The second-order valence-electron chi connectivity index (χ2n) is 9.59. The molecule has 0 saturated carbocycles. The van der Waals surface area contributed by atoms with Gasteiger partial charge in [-0.25, -0.2) is 0 Å². The van der Waals surface area contributed by atoms with E-state index in [2.05, 4.69) is 6.92 Å². The second kappa shape index (κ2) is 12.3. The van der Waals surface area contributed by atoms with E-state index in [0.717, 1.165) is 24.0 Å². The average molecular weight is 477 g/mol. The zero-order valence-corrected chi connectivity index (χ0v) is 21.3. The predicted octanol–water partition coefficient (Wildman–Crippen LogP) is 5.31. The Bertz CT molecular complexity index is 1200. The van der Waals surface area contributed by atoms with Crippen LogP contribution in [0.25, 0.3) is 11.0 Å². The van der Waals surface area contributed by atoms with Gasteiger partial charge in [-0.15, -0.1) is 0 Å². The highest BCUT2D eigenvalue weighted by Crippen LogP contribution is 2.16. The SMILES string of the molecule is CCCCN(CC(=O)N(Cc1ccccc1)Cc1coc2ccc(C)cc2c1=O)C(=O)CC(C)C. The van der Waals surface area contributed by atoms with Gasteiger partial charge in [-0.05, 0) is 37.0 Å². The van der Waals surface area contributed by atoms with Crippen molar-refractivity contribution in [3.8, 4) is 0 Å².